The Kier molecular flexibility index (Phi) is 3.65. The fourth-order valence-electron chi connectivity index (χ4n) is 0.869. The number of carbonyl (C=O) groups is 1. The quantitative estimate of drug-likeness (QED) is 0.435. The molecule has 0 saturated carbocycles. The van der Waals surface area contributed by atoms with Gasteiger partial charge in [0, 0.05) is 38.1 Å². The summed E-state index contributed by atoms with van der Waals surface area (Å²) in [7, 11) is 3.70. The Morgan fingerprint density at radius 1 is 1.57 bits per heavy atom. The molecule has 74 valence electrons. The van der Waals surface area contributed by atoms with Gasteiger partial charge in [-0.25, -0.2) is 4.98 Å². The van der Waals surface area contributed by atoms with Crippen LogP contribution in [0.4, 0.5) is 0 Å². The van der Waals surface area contributed by atoms with Crippen molar-refractivity contribution in [2.45, 2.75) is 0 Å². The van der Waals surface area contributed by atoms with Gasteiger partial charge in [0.2, 0.25) is 0 Å². The van der Waals surface area contributed by atoms with E-state index in [9.17, 15) is 4.79 Å². The van der Waals surface area contributed by atoms with Gasteiger partial charge in [0.15, 0.2) is 5.78 Å². The van der Waals surface area contributed by atoms with E-state index < -0.39 is 0 Å². The van der Waals surface area contributed by atoms with Crippen molar-refractivity contribution < 1.29 is 4.79 Å². The number of pyridine rings is 1. The first-order valence-electron chi connectivity index (χ1n) is 4.10. The zero-order chi connectivity index (χ0) is 10.6. The van der Waals surface area contributed by atoms with Crippen LogP contribution in [0.1, 0.15) is 10.4 Å². The summed E-state index contributed by atoms with van der Waals surface area (Å²) >= 11 is 5.65. The predicted molar refractivity (Wildman–Crippen MR) is 56.4 cm³/mol. The topological polar surface area (TPSA) is 33.2 Å². The summed E-state index contributed by atoms with van der Waals surface area (Å²) in [6, 6.07) is 3.18. The lowest BCUT2D eigenvalue weighted by molar-refractivity contribution is 0.104. The van der Waals surface area contributed by atoms with Crippen LogP contribution < -0.4 is 0 Å². The van der Waals surface area contributed by atoms with Crippen molar-refractivity contribution in [1.29, 1.82) is 0 Å². The highest BCUT2D eigenvalue weighted by Crippen LogP contribution is 2.08. The molecule has 1 aromatic rings. The lowest BCUT2D eigenvalue weighted by Gasteiger charge is -2.02. The van der Waals surface area contributed by atoms with Crippen molar-refractivity contribution >= 4 is 17.4 Å². The molecule has 4 heteroatoms. The molecule has 0 aromatic carbocycles. The summed E-state index contributed by atoms with van der Waals surface area (Å²) in [6.07, 6.45) is 4.70. The van der Waals surface area contributed by atoms with Gasteiger partial charge in [-0.3, -0.25) is 4.79 Å². The molecule has 0 fully saturated rings. The fraction of sp³-hybridized carbons (Fsp3) is 0.200. The third kappa shape index (κ3) is 3.18. The van der Waals surface area contributed by atoms with Crippen LogP contribution >= 0.6 is 11.6 Å². The van der Waals surface area contributed by atoms with Crippen LogP contribution in [0, 0.1) is 0 Å². The molecule has 14 heavy (non-hydrogen) atoms. The molecular formula is C10H11ClN2O. The molecule has 3 nitrogen and oxygen atoms in total. The molecule has 0 aliphatic carbocycles. The second-order valence-corrected chi connectivity index (χ2v) is 3.40. The van der Waals surface area contributed by atoms with Gasteiger partial charge in [0.25, 0.3) is 0 Å². The number of halogens is 1. The number of ketones is 1. The molecule has 0 N–H and O–H groups in total. The Bertz CT molecular complexity index is 361. The Labute approximate surface area is 88.0 Å². The molecule has 0 unspecified atom stereocenters. The minimum atomic E-state index is -0.0806. The Morgan fingerprint density at radius 2 is 2.29 bits per heavy atom. The van der Waals surface area contributed by atoms with Crippen LogP contribution in [-0.2, 0) is 0 Å². The lowest BCUT2D eigenvalue weighted by Crippen LogP contribution is -2.03. The van der Waals surface area contributed by atoms with Gasteiger partial charge in [-0.2, -0.15) is 0 Å². The van der Waals surface area contributed by atoms with Crippen molar-refractivity contribution in [2.24, 2.45) is 0 Å². The van der Waals surface area contributed by atoms with E-state index in [2.05, 4.69) is 4.98 Å². The number of nitrogens with zero attached hydrogens (tertiary/aromatic N) is 2. The second-order valence-electron chi connectivity index (χ2n) is 3.01. The zero-order valence-electron chi connectivity index (χ0n) is 8.07. The molecule has 0 saturated heterocycles. The van der Waals surface area contributed by atoms with E-state index in [0.29, 0.717) is 10.7 Å². The molecular weight excluding hydrogens is 200 g/mol. The first kappa shape index (κ1) is 10.7. The monoisotopic (exact) mass is 210 g/mol. The largest absolute Gasteiger partial charge is 0.383 e. The first-order chi connectivity index (χ1) is 6.59. The maximum absolute atomic E-state index is 11.5. The molecule has 0 amide bonds. The van der Waals surface area contributed by atoms with Gasteiger partial charge in [0.05, 0.1) is 0 Å². The SMILES string of the molecule is CN(C)/C=C\C(=O)c1ccnc(Cl)c1. The van der Waals surface area contributed by atoms with E-state index >= 15 is 0 Å². The van der Waals surface area contributed by atoms with Crippen LogP contribution in [0.25, 0.3) is 0 Å². The Balaban J connectivity index is 2.80. The maximum atomic E-state index is 11.5. The smallest absolute Gasteiger partial charge is 0.187 e. The van der Waals surface area contributed by atoms with Crippen LogP contribution in [0.2, 0.25) is 5.15 Å². The summed E-state index contributed by atoms with van der Waals surface area (Å²) in [4.78, 5) is 17.1. The summed E-state index contributed by atoms with van der Waals surface area (Å²) in [5.41, 5.74) is 0.545. The second kappa shape index (κ2) is 4.77. The molecule has 0 bridgehead atoms. The van der Waals surface area contributed by atoms with Gasteiger partial charge in [-0.05, 0) is 12.1 Å². The van der Waals surface area contributed by atoms with E-state index in [1.165, 1.54) is 12.3 Å². The van der Waals surface area contributed by atoms with E-state index in [-0.39, 0.29) is 5.78 Å². The van der Waals surface area contributed by atoms with Crippen molar-refractivity contribution in [3.63, 3.8) is 0 Å². The van der Waals surface area contributed by atoms with E-state index in [0.717, 1.165) is 0 Å². The summed E-state index contributed by atoms with van der Waals surface area (Å²) in [6.45, 7) is 0. The average Bonchev–Trinajstić information content (AvgIpc) is 2.14. The van der Waals surface area contributed by atoms with E-state index in [1.54, 1.807) is 23.2 Å². The number of allylic oxidation sites excluding steroid dienone is 1. The minimum absolute atomic E-state index is 0.0806. The number of aromatic nitrogens is 1. The number of carbonyl (C=O) groups excluding carboxylic acids is 1. The average molecular weight is 211 g/mol. The van der Waals surface area contributed by atoms with Crippen molar-refractivity contribution in [3.8, 4) is 0 Å². The molecule has 0 spiro atoms. The van der Waals surface area contributed by atoms with Gasteiger partial charge >= 0.3 is 0 Å². The highest BCUT2D eigenvalue weighted by molar-refractivity contribution is 6.29. The molecule has 1 aromatic heterocycles. The van der Waals surface area contributed by atoms with Crippen LogP contribution in [-0.4, -0.2) is 29.8 Å². The molecule has 0 radical (unpaired) electrons. The van der Waals surface area contributed by atoms with Gasteiger partial charge in [0.1, 0.15) is 5.15 Å². The van der Waals surface area contributed by atoms with E-state index in [4.69, 9.17) is 11.6 Å². The summed E-state index contributed by atoms with van der Waals surface area (Å²) in [5.74, 6) is -0.0806. The van der Waals surface area contributed by atoms with Crippen LogP contribution in [0.15, 0.2) is 30.6 Å². The number of hydrogen-bond donors (Lipinski definition) is 0. The van der Waals surface area contributed by atoms with E-state index in [1.807, 2.05) is 14.1 Å². The van der Waals surface area contributed by atoms with Crippen molar-refractivity contribution in [3.05, 3.63) is 41.3 Å². The lowest BCUT2D eigenvalue weighted by atomic mass is 10.2. The van der Waals surface area contributed by atoms with Gasteiger partial charge in [-0.15, -0.1) is 0 Å². The number of rotatable bonds is 3. The Hall–Kier alpha value is -1.35. The molecule has 0 aliphatic heterocycles. The zero-order valence-corrected chi connectivity index (χ0v) is 8.82. The minimum Gasteiger partial charge on any atom is -0.383 e. The third-order valence-electron chi connectivity index (χ3n) is 1.54. The van der Waals surface area contributed by atoms with Crippen molar-refractivity contribution in [1.82, 2.24) is 9.88 Å². The maximum Gasteiger partial charge on any atom is 0.187 e. The molecule has 0 atom stereocenters. The summed E-state index contributed by atoms with van der Waals surface area (Å²) in [5, 5.41) is 0.328. The molecule has 1 heterocycles. The normalized spacial score (nSPS) is 10.5. The third-order valence-corrected chi connectivity index (χ3v) is 1.74. The first-order valence-corrected chi connectivity index (χ1v) is 4.48. The molecule has 0 aliphatic rings. The Morgan fingerprint density at radius 3 is 2.86 bits per heavy atom. The standard InChI is InChI=1S/C10H11ClN2O/c1-13(2)6-4-9(14)8-3-5-12-10(11)7-8/h3-7H,1-2H3/b6-4-. The van der Waals surface area contributed by atoms with Crippen molar-refractivity contribution in [2.75, 3.05) is 14.1 Å². The van der Waals surface area contributed by atoms with Crippen LogP contribution in [0.3, 0.4) is 0 Å². The number of hydrogen-bond acceptors (Lipinski definition) is 3. The summed E-state index contributed by atoms with van der Waals surface area (Å²) < 4.78 is 0. The molecule has 1 rings (SSSR count). The van der Waals surface area contributed by atoms with Gasteiger partial charge < -0.3 is 4.90 Å². The van der Waals surface area contributed by atoms with Crippen LogP contribution in [0.5, 0.6) is 0 Å². The highest BCUT2D eigenvalue weighted by Gasteiger charge is 2.01. The highest BCUT2D eigenvalue weighted by atomic mass is 35.5. The van der Waals surface area contributed by atoms with Gasteiger partial charge in [-0.1, -0.05) is 11.6 Å². The fourth-order valence-corrected chi connectivity index (χ4v) is 1.04. The predicted octanol–water partition coefficient (Wildman–Crippen LogP) is 1.99.